The molecular weight excluding hydrogens is 334 g/mol. The molecule has 0 atom stereocenters. The van der Waals surface area contributed by atoms with Crippen molar-refractivity contribution in [3.63, 3.8) is 0 Å². The average molecular weight is 347 g/mol. The van der Waals surface area contributed by atoms with Crippen LogP contribution in [0, 0.1) is 0 Å². The van der Waals surface area contributed by atoms with Gasteiger partial charge in [-0.25, -0.2) is 0 Å². The lowest BCUT2D eigenvalue weighted by atomic mass is 10.2. The maximum absolute atomic E-state index is 12.3. The van der Waals surface area contributed by atoms with Crippen LogP contribution in [0.2, 0.25) is 5.02 Å². The molecule has 1 aromatic carbocycles. The molecule has 0 aromatic heterocycles. The maximum Gasteiger partial charge on any atom is 0.401 e. The summed E-state index contributed by atoms with van der Waals surface area (Å²) in [5.74, 6) is 0. The number of aliphatic hydroxyl groups is 1. The van der Waals surface area contributed by atoms with Crippen LogP contribution in [0.5, 0.6) is 0 Å². The number of alkyl halides is 3. The lowest BCUT2D eigenvalue weighted by molar-refractivity contribution is -0.147. The van der Waals surface area contributed by atoms with E-state index in [4.69, 9.17) is 16.7 Å². The SMILES string of the molecule is OCCN(Cc1ccc(Br)cc1Cl)CC(F)(F)F. The van der Waals surface area contributed by atoms with Crippen molar-refractivity contribution in [3.05, 3.63) is 33.3 Å². The van der Waals surface area contributed by atoms with E-state index < -0.39 is 12.7 Å². The molecule has 0 fully saturated rings. The Balaban J connectivity index is 2.76. The van der Waals surface area contributed by atoms with Gasteiger partial charge in [0.1, 0.15) is 0 Å². The molecule has 7 heteroatoms. The average Bonchev–Trinajstić information content (AvgIpc) is 2.20. The van der Waals surface area contributed by atoms with Crippen LogP contribution in [0.25, 0.3) is 0 Å². The summed E-state index contributed by atoms with van der Waals surface area (Å²) >= 11 is 9.17. The Labute approximate surface area is 116 Å². The molecule has 0 amide bonds. The van der Waals surface area contributed by atoms with Crippen molar-refractivity contribution >= 4 is 27.5 Å². The van der Waals surface area contributed by atoms with Crippen LogP contribution in [0.1, 0.15) is 5.56 Å². The van der Waals surface area contributed by atoms with Crippen molar-refractivity contribution in [2.75, 3.05) is 19.7 Å². The van der Waals surface area contributed by atoms with Gasteiger partial charge in [0.05, 0.1) is 13.2 Å². The van der Waals surface area contributed by atoms with Gasteiger partial charge in [-0.1, -0.05) is 33.6 Å². The zero-order valence-electron chi connectivity index (χ0n) is 9.34. The third-order valence-electron chi connectivity index (χ3n) is 2.23. The van der Waals surface area contributed by atoms with E-state index >= 15 is 0 Å². The Morgan fingerprint density at radius 3 is 2.50 bits per heavy atom. The van der Waals surface area contributed by atoms with Gasteiger partial charge in [-0.3, -0.25) is 4.90 Å². The molecule has 0 aliphatic carbocycles. The molecule has 1 rings (SSSR count). The van der Waals surface area contributed by atoms with E-state index in [0.29, 0.717) is 10.6 Å². The van der Waals surface area contributed by atoms with E-state index in [9.17, 15) is 13.2 Å². The number of benzene rings is 1. The molecular formula is C11H12BrClF3NO. The molecule has 0 spiro atoms. The monoisotopic (exact) mass is 345 g/mol. The summed E-state index contributed by atoms with van der Waals surface area (Å²) in [6, 6.07) is 5.00. The Bertz CT molecular complexity index is 400. The summed E-state index contributed by atoms with van der Waals surface area (Å²) < 4.78 is 37.8. The zero-order chi connectivity index (χ0) is 13.8. The van der Waals surface area contributed by atoms with Crippen molar-refractivity contribution in [3.8, 4) is 0 Å². The Morgan fingerprint density at radius 2 is 2.00 bits per heavy atom. The first kappa shape index (κ1) is 15.8. The van der Waals surface area contributed by atoms with Gasteiger partial charge in [0, 0.05) is 22.6 Å². The first-order chi connectivity index (χ1) is 8.31. The Morgan fingerprint density at radius 1 is 1.33 bits per heavy atom. The topological polar surface area (TPSA) is 23.5 Å². The fourth-order valence-electron chi connectivity index (χ4n) is 1.50. The normalized spacial score (nSPS) is 12.2. The fraction of sp³-hybridized carbons (Fsp3) is 0.455. The Hall–Kier alpha value is -0.300. The van der Waals surface area contributed by atoms with Crippen molar-refractivity contribution in [1.82, 2.24) is 4.90 Å². The molecule has 1 N–H and O–H groups in total. The van der Waals surface area contributed by atoms with Crippen molar-refractivity contribution in [2.24, 2.45) is 0 Å². The lowest BCUT2D eigenvalue weighted by Gasteiger charge is -2.23. The van der Waals surface area contributed by atoms with E-state index in [1.165, 1.54) is 0 Å². The van der Waals surface area contributed by atoms with E-state index in [0.717, 1.165) is 9.37 Å². The third-order valence-corrected chi connectivity index (χ3v) is 3.07. The van der Waals surface area contributed by atoms with Crippen LogP contribution in [0.4, 0.5) is 13.2 Å². The highest BCUT2D eigenvalue weighted by atomic mass is 79.9. The minimum Gasteiger partial charge on any atom is -0.395 e. The summed E-state index contributed by atoms with van der Waals surface area (Å²) in [5, 5.41) is 9.17. The standard InChI is InChI=1S/C11H12BrClF3NO/c12-9-2-1-8(10(13)5-9)6-17(3-4-18)7-11(14,15)16/h1-2,5,18H,3-4,6-7H2. The second kappa shape index (κ2) is 6.75. The molecule has 0 saturated heterocycles. The summed E-state index contributed by atoms with van der Waals surface area (Å²) in [6.45, 7) is -1.40. The number of aliphatic hydroxyl groups excluding tert-OH is 1. The predicted molar refractivity (Wildman–Crippen MR) is 67.6 cm³/mol. The predicted octanol–water partition coefficient (Wildman–Crippen LogP) is 3.46. The Kier molecular flexibility index (Phi) is 5.91. The molecule has 0 heterocycles. The highest BCUT2D eigenvalue weighted by Crippen LogP contribution is 2.24. The molecule has 0 aliphatic heterocycles. The highest BCUT2D eigenvalue weighted by Gasteiger charge is 2.30. The van der Waals surface area contributed by atoms with Gasteiger partial charge in [0.25, 0.3) is 0 Å². The molecule has 102 valence electrons. The van der Waals surface area contributed by atoms with E-state index in [2.05, 4.69) is 15.9 Å². The van der Waals surface area contributed by atoms with Crippen molar-refractivity contribution in [1.29, 1.82) is 0 Å². The number of halogens is 5. The molecule has 0 aliphatic rings. The van der Waals surface area contributed by atoms with Gasteiger partial charge in [0.2, 0.25) is 0 Å². The molecule has 0 unspecified atom stereocenters. The number of nitrogens with zero attached hydrogens (tertiary/aromatic N) is 1. The second-order valence-electron chi connectivity index (χ2n) is 3.79. The molecule has 0 bridgehead atoms. The van der Waals surface area contributed by atoms with Gasteiger partial charge in [-0.15, -0.1) is 0 Å². The van der Waals surface area contributed by atoms with Crippen LogP contribution in [0.15, 0.2) is 22.7 Å². The summed E-state index contributed by atoms with van der Waals surface area (Å²) in [4.78, 5) is 1.11. The van der Waals surface area contributed by atoms with E-state index in [1.54, 1.807) is 18.2 Å². The molecule has 2 nitrogen and oxygen atoms in total. The highest BCUT2D eigenvalue weighted by molar-refractivity contribution is 9.10. The smallest absolute Gasteiger partial charge is 0.395 e. The first-order valence-electron chi connectivity index (χ1n) is 5.15. The molecule has 1 aromatic rings. The van der Waals surface area contributed by atoms with E-state index in [1.807, 2.05) is 0 Å². The molecule has 0 radical (unpaired) electrons. The lowest BCUT2D eigenvalue weighted by Crippen LogP contribution is -2.35. The van der Waals surface area contributed by atoms with Crippen LogP contribution < -0.4 is 0 Å². The van der Waals surface area contributed by atoms with Gasteiger partial charge < -0.3 is 5.11 Å². The van der Waals surface area contributed by atoms with E-state index in [-0.39, 0.29) is 19.7 Å². The minimum atomic E-state index is -4.29. The minimum absolute atomic E-state index is 0.0478. The van der Waals surface area contributed by atoms with Gasteiger partial charge in [0.15, 0.2) is 0 Å². The third kappa shape index (κ3) is 5.56. The molecule has 18 heavy (non-hydrogen) atoms. The fourth-order valence-corrected chi connectivity index (χ4v) is 2.23. The largest absolute Gasteiger partial charge is 0.401 e. The maximum atomic E-state index is 12.3. The quantitative estimate of drug-likeness (QED) is 0.882. The van der Waals surface area contributed by atoms with Gasteiger partial charge in [-0.2, -0.15) is 13.2 Å². The number of rotatable bonds is 5. The number of hydrogen-bond donors (Lipinski definition) is 1. The first-order valence-corrected chi connectivity index (χ1v) is 6.33. The molecule has 0 saturated carbocycles. The summed E-state index contributed by atoms with van der Waals surface area (Å²) in [7, 11) is 0. The van der Waals surface area contributed by atoms with Gasteiger partial charge in [-0.05, 0) is 17.7 Å². The van der Waals surface area contributed by atoms with Crippen molar-refractivity contribution in [2.45, 2.75) is 12.7 Å². The summed E-state index contributed by atoms with van der Waals surface area (Å²) in [5.41, 5.74) is 0.595. The number of hydrogen-bond acceptors (Lipinski definition) is 2. The van der Waals surface area contributed by atoms with Crippen LogP contribution in [-0.2, 0) is 6.54 Å². The van der Waals surface area contributed by atoms with Crippen LogP contribution >= 0.6 is 27.5 Å². The zero-order valence-corrected chi connectivity index (χ0v) is 11.7. The summed E-state index contributed by atoms with van der Waals surface area (Å²) in [6.07, 6.45) is -4.29. The van der Waals surface area contributed by atoms with Crippen molar-refractivity contribution < 1.29 is 18.3 Å². The van der Waals surface area contributed by atoms with Crippen LogP contribution in [-0.4, -0.2) is 35.9 Å². The van der Waals surface area contributed by atoms with Crippen LogP contribution in [0.3, 0.4) is 0 Å². The van der Waals surface area contributed by atoms with Gasteiger partial charge >= 0.3 is 6.18 Å². The second-order valence-corrected chi connectivity index (χ2v) is 5.11.